The van der Waals surface area contributed by atoms with Crippen molar-refractivity contribution < 1.29 is 9.53 Å². The normalized spacial score (nSPS) is 12.7. The summed E-state index contributed by atoms with van der Waals surface area (Å²) in [6.07, 6.45) is 11.0. The molecule has 0 spiro atoms. The zero-order valence-corrected chi connectivity index (χ0v) is 13.5. The van der Waals surface area contributed by atoms with Gasteiger partial charge in [-0.2, -0.15) is 0 Å². The molecule has 0 aliphatic carbocycles. The molecule has 1 atom stereocenters. The van der Waals surface area contributed by atoms with Gasteiger partial charge in [0.2, 0.25) is 0 Å². The summed E-state index contributed by atoms with van der Waals surface area (Å²) in [5.74, 6) is 0.192. The van der Waals surface area contributed by atoms with E-state index in [0.29, 0.717) is 0 Å². The molecule has 1 unspecified atom stereocenters. The maximum absolute atomic E-state index is 12.3. The summed E-state index contributed by atoms with van der Waals surface area (Å²) in [6.45, 7) is 8.66. The molecule has 0 saturated carbocycles. The highest BCUT2D eigenvalue weighted by Gasteiger charge is 2.21. The maximum Gasteiger partial charge on any atom is 0.309 e. The summed E-state index contributed by atoms with van der Waals surface area (Å²) in [5.41, 5.74) is 0. The number of unbranched alkanes of at least 4 members (excludes halogenated alkanes) is 2. The molecule has 0 rings (SSSR count). The van der Waals surface area contributed by atoms with Crippen molar-refractivity contribution in [1.29, 1.82) is 0 Å². The topological polar surface area (TPSA) is 26.3 Å². The predicted molar refractivity (Wildman–Crippen MR) is 82.2 cm³/mol. The molecule has 0 aromatic carbocycles. The van der Waals surface area contributed by atoms with Crippen molar-refractivity contribution in [2.45, 2.75) is 98.0 Å². The first-order valence-corrected chi connectivity index (χ1v) is 8.39. The molecule has 2 nitrogen and oxygen atoms in total. The van der Waals surface area contributed by atoms with Gasteiger partial charge in [-0.15, -0.1) is 0 Å². The van der Waals surface area contributed by atoms with Gasteiger partial charge < -0.3 is 4.74 Å². The first-order chi connectivity index (χ1) is 9.19. The summed E-state index contributed by atoms with van der Waals surface area (Å²) in [7, 11) is 0. The van der Waals surface area contributed by atoms with Crippen molar-refractivity contribution in [3.05, 3.63) is 0 Å². The second-order valence-electron chi connectivity index (χ2n) is 5.62. The van der Waals surface area contributed by atoms with Crippen LogP contribution in [-0.2, 0) is 9.53 Å². The van der Waals surface area contributed by atoms with Crippen molar-refractivity contribution in [2.75, 3.05) is 0 Å². The van der Waals surface area contributed by atoms with E-state index in [4.69, 9.17) is 4.74 Å². The molecule has 0 aliphatic heterocycles. The minimum atomic E-state index is 0.0600. The van der Waals surface area contributed by atoms with E-state index in [9.17, 15) is 4.79 Å². The molecule has 0 aliphatic rings. The highest BCUT2D eigenvalue weighted by atomic mass is 16.5. The van der Waals surface area contributed by atoms with Crippen molar-refractivity contribution >= 4 is 5.97 Å². The Bertz CT molecular complexity index is 207. The minimum absolute atomic E-state index is 0.0600. The van der Waals surface area contributed by atoms with Gasteiger partial charge in [0.25, 0.3) is 0 Å². The molecule has 0 N–H and O–H groups in total. The second kappa shape index (κ2) is 12.5. The molecule has 0 aromatic heterocycles. The van der Waals surface area contributed by atoms with Crippen LogP contribution in [0.1, 0.15) is 91.9 Å². The van der Waals surface area contributed by atoms with Crippen LogP contribution in [0.15, 0.2) is 0 Å². The van der Waals surface area contributed by atoms with E-state index in [1.54, 1.807) is 0 Å². The second-order valence-corrected chi connectivity index (χ2v) is 5.62. The molecule has 0 bridgehead atoms. The standard InChI is InChI=1S/C17H34O2/c1-5-9-10-14-15(11-6-2)17(18)19-16(12-7-3)13-8-4/h15-16H,5-14H2,1-4H3. The van der Waals surface area contributed by atoms with Gasteiger partial charge in [0.1, 0.15) is 6.10 Å². The highest BCUT2D eigenvalue weighted by molar-refractivity contribution is 5.72. The summed E-state index contributed by atoms with van der Waals surface area (Å²) in [4.78, 5) is 12.3. The average Bonchev–Trinajstić information content (AvgIpc) is 2.38. The third kappa shape index (κ3) is 9.07. The lowest BCUT2D eigenvalue weighted by molar-refractivity contribution is -0.155. The molecule has 0 radical (unpaired) electrons. The molecule has 0 aromatic rings. The van der Waals surface area contributed by atoms with Crippen LogP contribution in [0, 0.1) is 5.92 Å². The van der Waals surface area contributed by atoms with E-state index in [1.807, 2.05) is 0 Å². The van der Waals surface area contributed by atoms with Gasteiger partial charge in [-0.3, -0.25) is 4.79 Å². The fourth-order valence-corrected chi connectivity index (χ4v) is 2.54. The zero-order valence-electron chi connectivity index (χ0n) is 13.5. The fraction of sp³-hybridized carbons (Fsp3) is 0.941. The van der Waals surface area contributed by atoms with Gasteiger partial charge in [0.15, 0.2) is 0 Å². The average molecular weight is 270 g/mol. The molecule has 114 valence electrons. The van der Waals surface area contributed by atoms with Crippen LogP contribution in [0.2, 0.25) is 0 Å². The number of carbonyl (C=O) groups is 1. The number of esters is 1. The molecule has 0 amide bonds. The summed E-state index contributed by atoms with van der Waals surface area (Å²) >= 11 is 0. The first-order valence-electron chi connectivity index (χ1n) is 8.39. The van der Waals surface area contributed by atoms with Crippen molar-refractivity contribution in [3.8, 4) is 0 Å². The summed E-state index contributed by atoms with van der Waals surface area (Å²) in [6, 6.07) is 0. The Morgan fingerprint density at radius 3 is 1.84 bits per heavy atom. The number of ether oxygens (including phenoxy) is 1. The van der Waals surface area contributed by atoms with Gasteiger partial charge in [0.05, 0.1) is 5.92 Å². The van der Waals surface area contributed by atoms with Crippen molar-refractivity contribution in [2.24, 2.45) is 5.92 Å². The smallest absolute Gasteiger partial charge is 0.309 e. The van der Waals surface area contributed by atoms with Crippen LogP contribution in [0.5, 0.6) is 0 Å². The van der Waals surface area contributed by atoms with Crippen molar-refractivity contribution in [1.82, 2.24) is 0 Å². The van der Waals surface area contributed by atoms with Gasteiger partial charge in [-0.1, -0.05) is 66.2 Å². The lowest BCUT2D eigenvalue weighted by Crippen LogP contribution is -2.24. The Morgan fingerprint density at radius 1 is 0.789 bits per heavy atom. The fourth-order valence-electron chi connectivity index (χ4n) is 2.54. The third-order valence-electron chi connectivity index (χ3n) is 3.63. The Hall–Kier alpha value is -0.530. The van der Waals surface area contributed by atoms with Gasteiger partial charge >= 0.3 is 5.97 Å². The van der Waals surface area contributed by atoms with Crippen LogP contribution in [0.4, 0.5) is 0 Å². The molecule has 19 heavy (non-hydrogen) atoms. The van der Waals surface area contributed by atoms with Crippen LogP contribution in [-0.4, -0.2) is 12.1 Å². The molecular weight excluding hydrogens is 236 g/mol. The minimum Gasteiger partial charge on any atom is -0.462 e. The third-order valence-corrected chi connectivity index (χ3v) is 3.63. The molecular formula is C17H34O2. The Balaban J connectivity index is 4.25. The van der Waals surface area contributed by atoms with E-state index in [-0.39, 0.29) is 18.0 Å². The van der Waals surface area contributed by atoms with Crippen molar-refractivity contribution in [3.63, 3.8) is 0 Å². The Morgan fingerprint density at radius 2 is 1.37 bits per heavy atom. The highest BCUT2D eigenvalue weighted by Crippen LogP contribution is 2.20. The van der Waals surface area contributed by atoms with Crippen LogP contribution in [0.3, 0.4) is 0 Å². The molecule has 0 heterocycles. The quantitative estimate of drug-likeness (QED) is 0.346. The van der Waals surface area contributed by atoms with E-state index in [2.05, 4.69) is 27.7 Å². The van der Waals surface area contributed by atoms with E-state index < -0.39 is 0 Å². The number of rotatable bonds is 12. The Kier molecular flexibility index (Phi) is 12.2. The molecule has 2 heteroatoms. The van der Waals surface area contributed by atoms with E-state index in [1.165, 1.54) is 12.8 Å². The number of hydrogen-bond donors (Lipinski definition) is 0. The lowest BCUT2D eigenvalue weighted by Gasteiger charge is -2.21. The monoisotopic (exact) mass is 270 g/mol. The number of hydrogen-bond acceptors (Lipinski definition) is 2. The lowest BCUT2D eigenvalue weighted by atomic mass is 9.96. The SMILES string of the molecule is CCCCCC(CCC)C(=O)OC(CCC)CCC. The molecule has 0 fully saturated rings. The predicted octanol–water partition coefficient (Wildman–Crippen LogP) is 5.50. The zero-order chi connectivity index (χ0) is 14.5. The van der Waals surface area contributed by atoms with Gasteiger partial charge in [-0.05, 0) is 25.7 Å². The van der Waals surface area contributed by atoms with Crippen LogP contribution < -0.4 is 0 Å². The Labute approximate surface area is 120 Å². The summed E-state index contributed by atoms with van der Waals surface area (Å²) in [5, 5.41) is 0. The summed E-state index contributed by atoms with van der Waals surface area (Å²) < 4.78 is 5.74. The maximum atomic E-state index is 12.3. The van der Waals surface area contributed by atoms with Gasteiger partial charge in [-0.25, -0.2) is 0 Å². The first kappa shape index (κ1) is 18.5. The molecule has 0 saturated heterocycles. The van der Waals surface area contributed by atoms with E-state index >= 15 is 0 Å². The van der Waals surface area contributed by atoms with Crippen LogP contribution in [0.25, 0.3) is 0 Å². The largest absolute Gasteiger partial charge is 0.462 e. The van der Waals surface area contributed by atoms with Crippen LogP contribution >= 0.6 is 0 Å². The number of carbonyl (C=O) groups excluding carboxylic acids is 1. The van der Waals surface area contributed by atoms with E-state index in [0.717, 1.165) is 51.4 Å². The van der Waals surface area contributed by atoms with Gasteiger partial charge in [0, 0.05) is 0 Å².